The van der Waals surface area contributed by atoms with Crippen LogP contribution in [-0.2, 0) is 4.79 Å². The van der Waals surface area contributed by atoms with E-state index in [2.05, 4.69) is 18.2 Å². The van der Waals surface area contributed by atoms with Gasteiger partial charge in [-0.3, -0.25) is 4.79 Å². The molecule has 1 amide bonds. The first kappa shape index (κ1) is 12.0. The molecule has 74 valence electrons. The summed E-state index contributed by atoms with van der Waals surface area (Å²) in [7, 11) is 0. The maximum absolute atomic E-state index is 11.2. The van der Waals surface area contributed by atoms with Gasteiger partial charge in [-0.2, -0.15) is 0 Å². The minimum absolute atomic E-state index is 0.0938. The van der Waals surface area contributed by atoms with E-state index >= 15 is 0 Å². The van der Waals surface area contributed by atoms with E-state index in [1.54, 1.807) is 0 Å². The van der Waals surface area contributed by atoms with Crippen molar-refractivity contribution in [2.45, 2.75) is 38.6 Å². The van der Waals surface area contributed by atoms with Crippen molar-refractivity contribution in [3.8, 4) is 12.3 Å². The highest BCUT2D eigenvalue weighted by Crippen LogP contribution is 1.97. The summed E-state index contributed by atoms with van der Waals surface area (Å²) in [4.78, 5) is 11.2. The van der Waals surface area contributed by atoms with Gasteiger partial charge in [0.1, 0.15) is 0 Å². The van der Waals surface area contributed by atoms with Crippen LogP contribution in [0.4, 0.5) is 0 Å². The Kier molecular flexibility index (Phi) is 7.04. The third-order valence-electron chi connectivity index (χ3n) is 1.77. The van der Waals surface area contributed by atoms with Gasteiger partial charge in [-0.05, 0) is 6.42 Å². The number of terminal acetylenes is 1. The number of amides is 1. The Hall–Kier alpha value is -1.01. The van der Waals surface area contributed by atoms with E-state index in [1.807, 2.05) is 0 Å². The molecule has 13 heavy (non-hydrogen) atoms. The summed E-state index contributed by atoms with van der Waals surface area (Å²) in [5.41, 5.74) is 5.62. The van der Waals surface area contributed by atoms with Gasteiger partial charge in [0.15, 0.2) is 0 Å². The van der Waals surface area contributed by atoms with Crippen LogP contribution in [0.3, 0.4) is 0 Å². The summed E-state index contributed by atoms with van der Waals surface area (Å²) >= 11 is 0. The number of carbonyl (C=O) groups is 1. The molecule has 0 unspecified atom stereocenters. The maximum atomic E-state index is 11.2. The van der Waals surface area contributed by atoms with Gasteiger partial charge in [0, 0.05) is 13.0 Å². The van der Waals surface area contributed by atoms with E-state index in [0.29, 0.717) is 13.0 Å². The van der Waals surface area contributed by atoms with Gasteiger partial charge in [0.2, 0.25) is 5.91 Å². The van der Waals surface area contributed by atoms with Crippen LogP contribution in [0.25, 0.3) is 0 Å². The molecule has 0 radical (unpaired) electrons. The molecular weight excluding hydrogens is 164 g/mol. The largest absolute Gasteiger partial charge is 0.354 e. The minimum Gasteiger partial charge on any atom is -0.354 e. The smallest absolute Gasteiger partial charge is 0.236 e. The highest BCUT2D eigenvalue weighted by Gasteiger charge is 2.10. The summed E-state index contributed by atoms with van der Waals surface area (Å²) in [6, 6.07) is -0.377. The normalized spacial score (nSPS) is 11.8. The summed E-state index contributed by atoms with van der Waals surface area (Å²) in [6.07, 6.45) is 8.40. The second-order valence-electron chi connectivity index (χ2n) is 2.99. The first-order valence-electron chi connectivity index (χ1n) is 4.69. The molecule has 0 rings (SSSR count). The van der Waals surface area contributed by atoms with Crippen molar-refractivity contribution < 1.29 is 4.79 Å². The lowest BCUT2D eigenvalue weighted by Gasteiger charge is -2.10. The predicted octanol–water partition coefficient (Wildman–Crippen LogP) is 0.643. The van der Waals surface area contributed by atoms with E-state index in [1.165, 1.54) is 0 Å². The summed E-state index contributed by atoms with van der Waals surface area (Å²) in [5, 5.41) is 2.69. The van der Waals surface area contributed by atoms with Crippen molar-refractivity contribution >= 4 is 5.91 Å². The number of hydrogen-bond donors (Lipinski definition) is 2. The van der Waals surface area contributed by atoms with Crippen molar-refractivity contribution in [1.82, 2.24) is 5.32 Å². The van der Waals surface area contributed by atoms with Crippen LogP contribution in [0.2, 0.25) is 0 Å². The Morgan fingerprint density at radius 1 is 1.69 bits per heavy atom. The van der Waals surface area contributed by atoms with Gasteiger partial charge in [0.05, 0.1) is 6.04 Å². The molecule has 3 heteroatoms. The van der Waals surface area contributed by atoms with E-state index in [4.69, 9.17) is 12.2 Å². The minimum atomic E-state index is -0.377. The first-order valence-corrected chi connectivity index (χ1v) is 4.69. The van der Waals surface area contributed by atoms with Crippen LogP contribution in [0, 0.1) is 12.3 Å². The van der Waals surface area contributed by atoms with Crippen LogP contribution < -0.4 is 11.1 Å². The van der Waals surface area contributed by atoms with E-state index < -0.39 is 0 Å². The molecule has 3 nitrogen and oxygen atoms in total. The Balaban J connectivity index is 3.52. The van der Waals surface area contributed by atoms with Crippen LogP contribution >= 0.6 is 0 Å². The van der Waals surface area contributed by atoms with E-state index in [0.717, 1.165) is 19.3 Å². The first-order chi connectivity index (χ1) is 6.22. The fourth-order valence-corrected chi connectivity index (χ4v) is 0.944. The Bertz CT molecular complexity index is 184. The number of rotatable bonds is 6. The highest BCUT2D eigenvalue weighted by molar-refractivity contribution is 5.81. The van der Waals surface area contributed by atoms with Crippen LogP contribution in [0.15, 0.2) is 0 Å². The molecule has 0 saturated heterocycles. The van der Waals surface area contributed by atoms with E-state index in [-0.39, 0.29) is 11.9 Å². The fourth-order valence-electron chi connectivity index (χ4n) is 0.944. The summed E-state index contributed by atoms with van der Waals surface area (Å²) < 4.78 is 0. The molecular formula is C10H18N2O. The zero-order valence-corrected chi connectivity index (χ0v) is 8.18. The lowest BCUT2D eigenvalue weighted by molar-refractivity contribution is -0.122. The van der Waals surface area contributed by atoms with Crippen molar-refractivity contribution in [3.05, 3.63) is 0 Å². The molecule has 0 fully saturated rings. The monoisotopic (exact) mass is 182 g/mol. The lowest BCUT2D eigenvalue weighted by atomic mass is 10.1. The van der Waals surface area contributed by atoms with E-state index in [9.17, 15) is 4.79 Å². The summed E-state index contributed by atoms with van der Waals surface area (Å²) in [5.74, 6) is 2.36. The second-order valence-corrected chi connectivity index (χ2v) is 2.99. The highest BCUT2D eigenvalue weighted by atomic mass is 16.2. The van der Waals surface area contributed by atoms with Gasteiger partial charge in [0.25, 0.3) is 0 Å². The molecule has 1 atom stereocenters. The fraction of sp³-hybridized carbons (Fsp3) is 0.700. The van der Waals surface area contributed by atoms with Crippen LogP contribution in [-0.4, -0.2) is 18.5 Å². The zero-order valence-electron chi connectivity index (χ0n) is 8.18. The number of unbranched alkanes of at least 4 members (excludes halogenated alkanes) is 1. The van der Waals surface area contributed by atoms with Gasteiger partial charge in [-0.15, -0.1) is 12.3 Å². The molecule has 0 bridgehead atoms. The quantitative estimate of drug-likeness (QED) is 0.468. The van der Waals surface area contributed by atoms with Crippen molar-refractivity contribution in [3.63, 3.8) is 0 Å². The number of nitrogens with two attached hydrogens (primary N) is 1. The topological polar surface area (TPSA) is 55.1 Å². The SMILES string of the molecule is C#CCCNC(=O)[C@@H](N)CCCC. The van der Waals surface area contributed by atoms with Crippen LogP contribution in [0.5, 0.6) is 0 Å². The van der Waals surface area contributed by atoms with Gasteiger partial charge >= 0.3 is 0 Å². The number of carbonyl (C=O) groups excluding carboxylic acids is 1. The Labute approximate surface area is 80.1 Å². The molecule has 0 saturated carbocycles. The molecule has 0 aliphatic rings. The molecule has 3 N–H and O–H groups in total. The molecule has 0 aromatic rings. The number of hydrogen-bond acceptors (Lipinski definition) is 2. The van der Waals surface area contributed by atoms with Gasteiger partial charge < -0.3 is 11.1 Å². The second kappa shape index (κ2) is 7.63. The van der Waals surface area contributed by atoms with Crippen molar-refractivity contribution in [2.75, 3.05) is 6.54 Å². The molecule has 0 aromatic carbocycles. The molecule has 0 aromatic heterocycles. The average molecular weight is 182 g/mol. The number of nitrogens with one attached hydrogen (secondary N) is 1. The standard InChI is InChI=1S/C10H18N2O/c1-3-5-7-9(11)10(13)12-8-6-4-2/h2,9H,3,5-8,11H2,1H3,(H,12,13)/t9-/m0/s1. The Morgan fingerprint density at radius 3 is 2.92 bits per heavy atom. The molecule has 0 spiro atoms. The van der Waals surface area contributed by atoms with Crippen molar-refractivity contribution in [2.24, 2.45) is 5.73 Å². The molecule has 0 aliphatic heterocycles. The predicted molar refractivity (Wildman–Crippen MR) is 54.0 cm³/mol. The maximum Gasteiger partial charge on any atom is 0.236 e. The molecule has 0 aliphatic carbocycles. The molecule has 0 heterocycles. The third-order valence-corrected chi connectivity index (χ3v) is 1.77. The average Bonchev–Trinajstić information content (AvgIpc) is 2.14. The van der Waals surface area contributed by atoms with Crippen LogP contribution in [0.1, 0.15) is 32.6 Å². The van der Waals surface area contributed by atoms with Crippen molar-refractivity contribution in [1.29, 1.82) is 0 Å². The van der Waals surface area contributed by atoms with Gasteiger partial charge in [-0.1, -0.05) is 19.8 Å². The third kappa shape index (κ3) is 6.18. The Morgan fingerprint density at radius 2 is 2.38 bits per heavy atom. The lowest BCUT2D eigenvalue weighted by Crippen LogP contribution is -2.40. The zero-order chi connectivity index (χ0) is 10.1. The summed E-state index contributed by atoms with van der Waals surface area (Å²) in [6.45, 7) is 2.60. The van der Waals surface area contributed by atoms with Gasteiger partial charge in [-0.25, -0.2) is 0 Å².